The van der Waals surface area contributed by atoms with Gasteiger partial charge in [-0.3, -0.25) is 0 Å². The summed E-state index contributed by atoms with van der Waals surface area (Å²) in [7, 11) is 0. The molecule has 0 saturated heterocycles. The van der Waals surface area contributed by atoms with Gasteiger partial charge in [-0.1, -0.05) is 19.1 Å². The lowest BCUT2D eigenvalue weighted by molar-refractivity contribution is 0.760. The summed E-state index contributed by atoms with van der Waals surface area (Å²) in [5.41, 5.74) is 7.05. The summed E-state index contributed by atoms with van der Waals surface area (Å²) in [4.78, 5) is 6.65. The molecular formula is C13H21N3. The number of rotatable bonds is 6. The number of anilines is 1. The number of aromatic nitrogens is 1. The molecule has 2 N–H and O–H groups in total. The smallest absolute Gasteiger partial charge is 0.133 e. The third kappa shape index (κ3) is 3.07. The fourth-order valence-corrected chi connectivity index (χ4v) is 1.74. The van der Waals surface area contributed by atoms with Crippen LogP contribution in [0.25, 0.3) is 0 Å². The molecule has 0 fully saturated rings. The van der Waals surface area contributed by atoms with E-state index in [1.807, 2.05) is 31.3 Å². The number of hydrogen-bond donors (Lipinski definition) is 1. The highest BCUT2D eigenvalue weighted by atomic mass is 15.2. The summed E-state index contributed by atoms with van der Waals surface area (Å²) >= 11 is 0. The van der Waals surface area contributed by atoms with Gasteiger partial charge in [-0.15, -0.1) is 6.58 Å². The van der Waals surface area contributed by atoms with Gasteiger partial charge < -0.3 is 10.6 Å². The molecule has 0 radical (unpaired) electrons. The molecule has 16 heavy (non-hydrogen) atoms. The Morgan fingerprint density at radius 3 is 2.94 bits per heavy atom. The van der Waals surface area contributed by atoms with Gasteiger partial charge in [0.15, 0.2) is 0 Å². The minimum Gasteiger partial charge on any atom is -0.353 e. The summed E-state index contributed by atoms with van der Waals surface area (Å²) in [6.45, 7) is 9.71. The van der Waals surface area contributed by atoms with Gasteiger partial charge in [0.25, 0.3) is 0 Å². The third-order valence-corrected chi connectivity index (χ3v) is 2.45. The first-order valence-electron chi connectivity index (χ1n) is 5.77. The second-order valence-electron chi connectivity index (χ2n) is 3.94. The lowest BCUT2D eigenvalue weighted by Crippen LogP contribution is -2.27. The zero-order valence-corrected chi connectivity index (χ0v) is 10.2. The van der Waals surface area contributed by atoms with Crippen LogP contribution in [0.4, 0.5) is 5.82 Å². The number of hydrogen-bond acceptors (Lipinski definition) is 3. The van der Waals surface area contributed by atoms with Gasteiger partial charge >= 0.3 is 0 Å². The van der Waals surface area contributed by atoms with Gasteiger partial charge in [0.05, 0.1) is 0 Å². The van der Waals surface area contributed by atoms with Crippen LogP contribution < -0.4 is 10.6 Å². The summed E-state index contributed by atoms with van der Waals surface area (Å²) in [5, 5.41) is 0. The minimum absolute atomic E-state index is 0.00729. The first-order chi connectivity index (χ1) is 7.70. The van der Waals surface area contributed by atoms with E-state index in [0.717, 1.165) is 30.9 Å². The second-order valence-corrected chi connectivity index (χ2v) is 3.94. The second kappa shape index (κ2) is 6.28. The fraction of sp³-hybridized carbons (Fsp3) is 0.462. The Balaban J connectivity index is 3.01. The van der Waals surface area contributed by atoms with Crippen molar-refractivity contribution in [1.82, 2.24) is 4.98 Å². The van der Waals surface area contributed by atoms with E-state index < -0.39 is 0 Å². The van der Waals surface area contributed by atoms with Crippen molar-refractivity contribution in [3.05, 3.63) is 36.5 Å². The Labute approximate surface area is 98.0 Å². The van der Waals surface area contributed by atoms with Gasteiger partial charge in [0.2, 0.25) is 0 Å². The van der Waals surface area contributed by atoms with Crippen LogP contribution in [-0.2, 0) is 0 Å². The molecule has 1 heterocycles. The monoisotopic (exact) mass is 219 g/mol. The van der Waals surface area contributed by atoms with E-state index in [-0.39, 0.29) is 6.04 Å². The van der Waals surface area contributed by atoms with Gasteiger partial charge in [0.1, 0.15) is 5.82 Å². The summed E-state index contributed by atoms with van der Waals surface area (Å²) in [6.07, 6.45) is 4.80. The van der Waals surface area contributed by atoms with Crippen LogP contribution in [0.2, 0.25) is 0 Å². The van der Waals surface area contributed by atoms with Gasteiger partial charge in [0, 0.05) is 30.9 Å². The summed E-state index contributed by atoms with van der Waals surface area (Å²) in [5.74, 6) is 0.985. The molecule has 0 unspecified atom stereocenters. The Morgan fingerprint density at radius 2 is 2.38 bits per heavy atom. The van der Waals surface area contributed by atoms with E-state index in [2.05, 4.69) is 23.4 Å². The maximum absolute atomic E-state index is 5.95. The molecule has 0 spiro atoms. The maximum Gasteiger partial charge on any atom is 0.133 e. The molecule has 0 bridgehead atoms. The largest absolute Gasteiger partial charge is 0.353 e. The minimum atomic E-state index is 0.00729. The zero-order valence-electron chi connectivity index (χ0n) is 10.2. The number of pyridine rings is 1. The van der Waals surface area contributed by atoms with E-state index in [9.17, 15) is 0 Å². The Morgan fingerprint density at radius 1 is 1.62 bits per heavy atom. The van der Waals surface area contributed by atoms with Gasteiger partial charge in [-0.2, -0.15) is 0 Å². The van der Waals surface area contributed by atoms with Crippen LogP contribution >= 0.6 is 0 Å². The van der Waals surface area contributed by atoms with Crippen molar-refractivity contribution >= 4 is 5.82 Å². The molecule has 0 aliphatic heterocycles. The molecule has 0 amide bonds. The highest BCUT2D eigenvalue weighted by molar-refractivity contribution is 5.48. The highest BCUT2D eigenvalue weighted by Crippen LogP contribution is 2.22. The van der Waals surface area contributed by atoms with Gasteiger partial charge in [-0.05, 0) is 19.4 Å². The molecule has 3 heteroatoms. The average Bonchev–Trinajstić information content (AvgIpc) is 2.29. The first-order valence-corrected chi connectivity index (χ1v) is 5.77. The van der Waals surface area contributed by atoms with Crippen LogP contribution in [-0.4, -0.2) is 18.1 Å². The van der Waals surface area contributed by atoms with Crippen molar-refractivity contribution in [1.29, 1.82) is 0 Å². The topological polar surface area (TPSA) is 42.2 Å². The van der Waals surface area contributed by atoms with Crippen LogP contribution in [0.5, 0.6) is 0 Å². The molecule has 0 aliphatic carbocycles. The standard InChI is InChI=1S/C13H21N3/c1-4-9-16(10-5-2)13-12(11(3)14)7-6-8-15-13/h4,6-8,11H,1,5,9-10,14H2,2-3H3/t11-/m1/s1. The van der Waals surface area contributed by atoms with Crippen molar-refractivity contribution in [2.45, 2.75) is 26.3 Å². The molecule has 1 atom stereocenters. The lowest BCUT2D eigenvalue weighted by Gasteiger charge is -2.25. The third-order valence-electron chi connectivity index (χ3n) is 2.45. The Kier molecular flexibility index (Phi) is 4.99. The predicted molar refractivity (Wildman–Crippen MR) is 69.5 cm³/mol. The van der Waals surface area contributed by atoms with Gasteiger partial charge in [-0.25, -0.2) is 4.98 Å². The molecule has 1 aromatic heterocycles. The quantitative estimate of drug-likeness (QED) is 0.747. The van der Waals surface area contributed by atoms with Crippen molar-refractivity contribution < 1.29 is 0 Å². The van der Waals surface area contributed by atoms with E-state index >= 15 is 0 Å². The van der Waals surface area contributed by atoms with E-state index in [1.54, 1.807) is 0 Å². The number of nitrogens with zero attached hydrogens (tertiary/aromatic N) is 2. The first kappa shape index (κ1) is 12.7. The molecule has 88 valence electrons. The van der Waals surface area contributed by atoms with Crippen molar-refractivity contribution in [3.8, 4) is 0 Å². The van der Waals surface area contributed by atoms with E-state index in [4.69, 9.17) is 5.73 Å². The lowest BCUT2D eigenvalue weighted by atomic mass is 10.1. The molecule has 0 aromatic carbocycles. The molecule has 1 aromatic rings. The van der Waals surface area contributed by atoms with E-state index in [1.165, 1.54) is 0 Å². The van der Waals surface area contributed by atoms with Crippen LogP contribution in [0.15, 0.2) is 31.0 Å². The Bertz CT molecular complexity index is 334. The van der Waals surface area contributed by atoms with Crippen molar-refractivity contribution in [2.75, 3.05) is 18.0 Å². The number of nitrogens with two attached hydrogens (primary N) is 1. The molecule has 0 aliphatic rings. The van der Waals surface area contributed by atoms with E-state index in [0.29, 0.717) is 0 Å². The van der Waals surface area contributed by atoms with Crippen LogP contribution in [0, 0.1) is 0 Å². The fourth-order valence-electron chi connectivity index (χ4n) is 1.74. The SMILES string of the molecule is C=CCN(CCC)c1ncccc1[C@@H](C)N. The summed E-state index contributed by atoms with van der Waals surface area (Å²) in [6, 6.07) is 3.98. The Hall–Kier alpha value is -1.35. The summed E-state index contributed by atoms with van der Waals surface area (Å²) < 4.78 is 0. The molecule has 0 saturated carbocycles. The van der Waals surface area contributed by atoms with Crippen molar-refractivity contribution in [3.63, 3.8) is 0 Å². The van der Waals surface area contributed by atoms with Crippen molar-refractivity contribution in [2.24, 2.45) is 5.73 Å². The molecule has 1 rings (SSSR count). The maximum atomic E-state index is 5.95. The molecular weight excluding hydrogens is 198 g/mol. The zero-order chi connectivity index (χ0) is 12.0. The van der Waals surface area contributed by atoms with Crippen LogP contribution in [0.3, 0.4) is 0 Å². The average molecular weight is 219 g/mol. The molecule has 3 nitrogen and oxygen atoms in total. The normalized spacial score (nSPS) is 12.2. The van der Waals surface area contributed by atoms with Crippen LogP contribution in [0.1, 0.15) is 31.9 Å². The predicted octanol–water partition coefficient (Wildman–Crippen LogP) is 2.50. The highest BCUT2D eigenvalue weighted by Gasteiger charge is 2.12.